The van der Waals surface area contributed by atoms with Crippen molar-refractivity contribution in [3.05, 3.63) is 288 Å². The molecule has 1 fully saturated rings. The first-order valence-corrected chi connectivity index (χ1v) is 29.6. The molecule has 0 spiro atoms. The molecule has 0 amide bonds. The lowest BCUT2D eigenvalue weighted by molar-refractivity contribution is -0.385. The van der Waals surface area contributed by atoms with Gasteiger partial charge in [-0.25, -0.2) is 9.59 Å². The smallest absolute Gasteiger partial charge is 0.332 e. The average molecular weight is 1240 g/mol. The summed E-state index contributed by atoms with van der Waals surface area (Å²) in [6, 6.07) is 61.7. The number of nitro groups is 2. The van der Waals surface area contributed by atoms with Gasteiger partial charge in [-0.1, -0.05) is 113 Å². The molecule has 90 heavy (non-hydrogen) atoms. The molecule has 1 heterocycles. The Bertz CT molecular complexity index is 4230. The standard InChI is InChI=1S/C36H26N2O6S.C34H29N3O7S/c1-23-7-6-10-32(38(42)43)33(23)34(37-44-24(2)39)36(41)29-17-21-31(22-18-29)45-30-19-15-28(16-20-30)35(40)27-13-11-26(12-14-27)25-8-4-3-5-9-25;1-22-4-3-5-30(37(41)42)31(22)32(35-44-23(2)38)34(40)26-10-16-29(17-11-26)45-28-14-8-25(9-15-28)33(39)24-6-12-27(13-7-24)36-18-20-43-21-19-36/h3-22H,1-2H3;3-17H,18-21H2,1-2H3/b37-34+;35-32+. The van der Waals surface area contributed by atoms with Crippen LogP contribution in [0.1, 0.15) is 88.7 Å². The number of ketones is 4. The summed E-state index contributed by atoms with van der Waals surface area (Å²) in [5, 5.41) is 30.8. The van der Waals surface area contributed by atoms with E-state index in [2.05, 4.69) is 15.2 Å². The summed E-state index contributed by atoms with van der Waals surface area (Å²) in [6.07, 6.45) is 0. The van der Waals surface area contributed by atoms with Gasteiger partial charge in [-0.05, 0) is 157 Å². The third kappa shape index (κ3) is 16.0. The summed E-state index contributed by atoms with van der Waals surface area (Å²) < 4.78 is 5.41. The number of Topliss-reactive ketones (excluding diaryl/α,β-unsaturated/α-hetero) is 2. The highest BCUT2D eigenvalue weighted by Crippen LogP contribution is 2.33. The van der Waals surface area contributed by atoms with E-state index in [9.17, 15) is 49.0 Å². The van der Waals surface area contributed by atoms with Crippen LogP contribution in [0.5, 0.6) is 0 Å². The minimum Gasteiger partial charge on any atom is -0.378 e. The number of morpholine rings is 1. The fourth-order valence-corrected chi connectivity index (χ4v) is 11.1. The highest BCUT2D eigenvalue weighted by molar-refractivity contribution is 7.99. The molecule has 20 heteroatoms. The van der Waals surface area contributed by atoms with Crippen LogP contribution in [0.2, 0.25) is 0 Å². The Hall–Kier alpha value is -10.8. The molecule has 0 bridgehead atoms. The quantitative estimate of drug-likeness (QED) is 0.0226. The van der Waals surface area contributed by atoms with Crippen molar-refractivity contribution in [2.45, 2.75) is 47.3 Å². The Labute approximate surface area is 525 Å². The zero-order chi connectivity index (χ0) is 63.8. The number of carbonyl (C=O) groups excluding carboxylic acids is 6. The molecule has 0 aliphatic carbocycles. The minimum atomic E-state index is -0.767. The molecule has 0 radical (unpaired) electrons. The van der Waals surface area contributed by atoms with Crippen LogP contribution in [-0.2, 0) is 24.0 Å². The van der Waals surface area contributed by atoms with Crippen molar-refractivity contribution in [1.29, 1.82) is 0 Å². The first-order chi connectivity index (χ1) is 43.4. The van der Waals surface area contributed by atoms with Gasteiger partial charge in [-0.2, -0.15) is 0 Å². The molecule has 0 atom stereocenters. The number of anilines is 1. The average Bonchev–Trinajstić information content (AvgIpc) is 2.45. The second-order valence-corrected chi connectivity index (χ2v) is 22.5. The second-order valence-electron chi connectivity index (χ2n) is 20.2. The van der Waals surface area contributed by atoms with Gasteiger partial charge in [0.15, 0.2) is 23.0 Å². The largest absolute Gasteiger partial charge is 0.378 e. The predicted octanol–water partition coefficient (Wildman–Crippen LogP) is 14.4. The molecule has 0 aromatic heterocycles. The fourth-order valence-electron chi connectivity index (χ4n) is 9.51. The summed E-state index contributed by atoms with van der Waals surface area (Å²) in [4.78, 5) is 113. The lowest BCUT2D eigenvalue weighted by Gasteiger charge is -2.28. The van der Waals surface area contributed by atoms with Gasteiger partial charge in [0, 0.05) is 97.7 Å². The van der Waals surface area contributed by atoms with Crippen LogP contribution in [-0.4, -0.2) is 82.6 Å². The molecule has 1 aliphatic rings. The van der Waals surface area contributed by atoms with E-state index in [0.717, 1.165) is 63.3 Å². The summed E-state index contributed by atoms with van der Waals surface area (Å²) in [5.74, 6) is -2.94. The number of benzene rings is 9. The zero-order valence-electron chi connectivity index (χ0n) is 48.9. The van der Waals surface area contributed by atoms with E-state index in [0.29, 0.717) is 46.6 Å². The molecule has 10 rings (SSSR count). The van der Waals surface area contributed by atoms with Gasteiger partial charge in [0.2, 0.25) is 11.6 Å². The second kappa shape index (κ2) is 29.7. The van der Waals surface area contributed by atoms with Crippen LogP contribution < -0.4 is 4.90 Å². The number of nitro benzene ring substituents is 2. The van der Waals surface area contributed by atoms with Gasteiger partial charge in [-0.3, -0.25) is 39.4 Å². The van der Waals surface area contributed by atoms with Crippen LogP contribution >= 0.6 is 23.5 Å². The number of carbonyl (C=O) groups is 6. The number of rotatable bonds is 20. The van der Waals surface area contributed by atoms with Gasteiger partial charge >= 0.3 is 11.9 Å². The first-order valence-electron chi connectivity index (χ1n) is 27.9. The Balaban J connectivity index is 0.000000213. The maximum absolute atomic E-state index is 13.5. The van der Waals surface area contributed by atoms with Crippen LogP contribution in [0.25, 0.3) is 11.1 Å². The van der Waals surface area contributed by atoms with Crippen LogP contribution in [0.3, 0.4) is 0 Å². The van der Waals surface area contributed by atoms with Crippen molar-refractivity contribution in [2.75, 3.05) is 31.2 Å². The van der Waals surface area contributed by atoms with Crippen molar-refractivity contribution in [1.82, 2.24) is 0 Å². The number of hydrogen-bond donors (Lipinski definition) is 0. The van der Waals surface area contributed by atoms with E-state index < -0.39 is 33.4 Å². The summed E-state index contributed by atoms with van der Waals surface area (Å²) in [6.45, 7) is 8.51. The molecule has 1 aliphatic heterocycles. The number of oxime groups is 2. The minimum absolute atomic E-state index is 0.0186. The van der Waals surface area contributed by atoms with Gasteiger partial charge < -0.3 is 19.3 Å². The van der Waals surface area contributed by atoms with Crippen LogP contribution in [0, 0.1) is 34.1 Å². The summed E-state index contributed by atoms with van der Waals surface area (Å²) in [5.41, 5.74) is 5.46. The Morgan fingerprint density at radius 3 is 1.12 bits per heavy atom. The number of nitrogens with zero attached hydrogens (tertiary/aromatic N) is 5. The van der Waals surface area contributed by atoms with E-state index in [-0.39, 0.29) is 56.6 Å². The van der Waals surface area contributed by atoms with Gasteiger partial charge in [0.1, 0.15) is 0 Å². The van der Waals surface area contributed by atoms with E-state index in [1.807, 2.05) is 103 Å². The van der Waals surface area contributed by atoms with Crippen molar-refractivity contribution in [3.8, 4) is 11.1 Å². The Morgan fingerprint density at radius 1 is 0.433 bits per heavy atom. The molecule has 0 unspecified atom stereocenters. The predicted molar refractivity (Wildman–Crippen MR) is 343 cm³/mol. The summed E-state index contributed by atoms with van der Waals surface area (Å²) in [7, 11) is 0. The van der Waals surface area contributed by atoms with Crippen LogP contribution in [0.15, 0.2) is 242 Å². The molecule has 1 saturated heterocycles. The lowest BCUT2D eigenvalue weighted by Crippen LogP contribution is -2.36. The highest BCUT2D eigenvalue weighted by atomic mass is 32.2. The molecular formula is C70H55N5O13S2. The van der Waals surface area contributed by atoms with Gasteiger partial charge in [0.05, 0.1) is 34.2 Å². The monoisotopic (exact) mass is 1240 g/mol. The van der Waals surface area contributed by atoms with Crippen molar-refractivity contribution in [2.24, 2.45) is 10.3 Å². The van der Waals surface area contributed by atoms with E-state index in [1.54, 1.807) is 98.8 Å². The molecule has 0 saturated carbocycles. The van der Waals surface area contributed by atoms with Crippen molar-refractivity contribution in [3.63, 3.8) is 0 Å². The van der Waals surface area contributed by atoms with E-state index in [1.165, 1.54) is 47.8 Å². The van der Waals surface area contributed by atoms with E-state index in [4.69, 9.17) is 14.4 Å². The maximum atomic E-state index is 13.5. The number of hydrogen-bond acceptors (Lipinski definition) is 18. The topological polar surface area (TPSA) is 244 Å². The fraction of sp³-hybridized carbons (Fsp3) is 0.114. The van der Waals surface area contributed by atoms with E-state index >= 15 is 0 Å². The van der Waals surface area contributed by atoms with Gasteiger partial charge in [0.25, 0.3) is 11.4 Å². The molecule has 0 N–H and O–H groups in total. The normalized spacial score (nSPS) is 12.2. The third-order valence-corrected chi connectivity index (χ3v) is 16.1. The maximum Gasteiger partial charge on any atom is 0.332 e. The van der Waals surface area contributed by atoms with Crippen molar-refractivity contribution >= 4 is 87.1 Å². The number of aryl methyl sites for hydroxylation is 2. The summed E-state index contributed by atoms with van der Waals surface area (Å²) >= 11 is 2.88. The highest BCUT2D eigenvalue weighted by Gasteiger charge is 2.30. The molecule has 9 aromatic rings. The number of ether oxygens (including phenoxy) is 1. The molecule has 9 aromatic carbocycles. The van der Waals surface area contributed by atoms with Crippen molar-refractivity contribution < 1.29 is 53.0 Å². The Kier molecular flexibility index (Phi) is 21.0. The molecule has 450 valence electrons. The SMILES string of the molecule is CC(=O)O/N=C(/C(=O)c1ccc(Sc2ccc(C(=O)c3ccc(-c4ccccc4)cc3)cc2)cc1)c1c(C)cccc1[N+](=O)[O-].CC(=O)O/N=C(/C(=O)c1ccc(Sc2ccc(C(=O)c3ccc(N4CCOCC4)cc3)cc2)cc1)c1c(C)cccc1[N+](=O)[O-]. The van der Waals surface area contributed by atoms with Gasteiger partial charge in [-0.15, -0.1) is 0 Å². The van der Waals surface area contributed by atoms with Crippen LogP contribution in [0.4, 0.5) is 17.1 Å². The lowest BCUT2D eigenvalue weighted by atomic mass is 9.96. The first kappa shape index (κ1) is 63.7. The molecule has 18 nitrogen and oxygen atoms in total. The zero-order valence-corrected chi connectivity index (χ0v) is 50.5. The Morgan fingerprint density at radius 2 is 0.767 bits per heavy atom. The third-order valence-electron chi connectivity index (χ3n) is 14.0. The molecular weight excluding hydrogens is 1180 g/mol.